The number of benzene rings is 1. The molecular weight excluding hydrogens is 288 g/mol. The van der Waals surface area contributed by atoms with Crippen LogP contribution in [0.25, 0.3) is 0 Å². The number of carbonyl (C=O) groups is 2. The summed E-state index contributed by atoms with van der Waals surface area (Å²) in [7, 11) is 1.47. The van der Waals surface area contributed by atoms with E-state index in [0.717, 1.165) is 0 Å². The minimum Gasteiger partial charge on any atom is -0.497 e. The molecule has 122 valence electrons. The maximum atomic E-state index is 11.9. The molecule has 0 aliphatic heterocycles. The summed E-state index contributed by atoms with van der Waals surface area (Å²) in [5.41, 5.74) is 5.57. The van der Waals surface area contributed by atoms with E-state index in [1.807, 2.05) is 0 Å². The number of rotatable bonds is 5. The Kier molecular flexibility index (Phi) is 5.76. The van der Waals surface area contributed by atoms with E-state index in [0.29, 0.717) is 17.0 Å². The van der Waals surface area contributed by atoms with Crippen LogP contribution >= 0.6 is 0 Å². The molecule has 1 unspecified atom stereocenters. The van der Waals surface area contributed by atoms with Crippen molar-refractivity contribution in [1.82, 2.24) is 0 Å². The van der Waals surface area contributed by atoms with Gasteiger partial charge in [0.2, 0.25) is 0 Å². The molecule has 1 atom stereocenters. The van der Waals surface area contributed by atoms with Crippen molar-refractivity contribution in [2.24, 2.45) is 5.73 Å². The van der Waals surface area contributed by atoms with Crippen molar-refractivity contribution in [3.05, 3.63) is 23.8 Å². The van der Waals surface area contributed by atoms with Crippen LogP contribution in [0.1, 0.15) is 32.3 Å². The van der Waals surface area contributed by atoms with Crippen molar-refractivity contribution in [2.45, 2.75) is 32.3 Å². The second-order valence-corrected chi connectivity index (χ2v) is 5.71. The quantitative estimate of drug-likeness (QED) is 0.768. The number of nitrogens with two attached hydrogens (primary N) is 1. The molecular formula is C15H22N2O5. The van der Waals surface area contributed by atoms with Gasteiger partial charge in [-0.1, -0.05) is 0 Å². The number of methoxy groups -OCH3 is 1. The molecule has 22 heavy (non-hydrogen) atoms. The van der Waals surface area contributed by atoms with E-state index in [1.54, 1.807) is 39.0 Å². The first-order valence-electron chi connectivity index (χ1n) is 6.78. The zero-order chi connectivity index (χ0) is 16.9. The molecule has 0 saturated carbocycles. The minimum atomic E-state index is -1.08. The highest BCUT2D eigenvalue weighted by Gasteiger charge is 2.24. The smallest absolute Gasteiger partial charge is 0.412 e. The maximum absolute atomic E-state index is 11.9. The van der Waals surface area contributed by atoms with E-state index < -0.39 is 23.6 Å². The summed E-state index contributed by atoms with van der Waals surface area (Å²) < 4.78 is 10.3. The lowest BCUT2D eigenvalue weighted by Gasteiger charge is -2.21. The van der Waals surface area contributed by atoms with E-state index in [9.17, 15) is 14.7 Å². The Morgan fingerprint density at radius 2 is 2.00 bits per heavy atom. The van der Waals surface area contributed by atoms with Gasteiger partial charge in [0.1, 0.15) is 11.4 Å². The zero-order valence-corrected chi connectivity index (χ0v) is 13.2. The van der Waals surface area contributed by atoms with E-state index in [1.165, 1.54) is 7.11 Å². The number of carboxylic acid groups (broad SMARTS) is 1. The first-order chi connectivity index (χ1) is 10.2. The second-order valence-electron chi connectivity index (χ2n) is 5.71. The van der Waals surface area contributed by atoms with Gasteiger partial charge < -0.3 is 20.3 Å². The fraction of sp³-hybridized carbons (Fsp3) is 0.467. The summed E-state index contributed by atoms with van der Waals surface area (Å²) in [5, 5.41) is 11.8. The van der Waals surface area contributed by atoms with Crippen LogP contribution in [-0.4, -0.2) is 36.4 Å². The molecule has 0 spiro atoms. The summed E-state index contributed by atoms with van der Waals surface area (Å²) in [5.74, 6) is -1.56. The van der Waals surface area contributed by atoms with Crippen LogP contribution in [0, 0.1) is 0 Å². The molecule has 1 amide bonds. The van der Waals surface area contributed by atoms with Crippen LogP contribution in [0.3, 0.4) is 0 Å². The molecule has 7 heteroatoms. The Balaban J connectivity index is 3.13. The molecule has 1 aromatic rings. The largest absolute Gasteiger partial charge is 0.497 e. The van der Waals surface area contributed by atoms with Crippen LogP contribution in [-0.2, 0) is 9.53 Å². The summed E-state index contributed by atoms with van der Waals surface area (Å²) in [6.45, 7) is 5.11. The lowest BCUT2D eigenvalue weighted by molar-refractivity contribution is -0.138. The lowest BCUT2D eigenvalue weighted by Crippen LogP contribution is -2.28. The van der Waals surface area contributed by atoms with Crippen molar-refractivity contribution in [1.29, 1.82) is 0 Å². The summed E-state index contributed by atoms with van der Waals surface area (Å²) >= 11 is 0. The molecule has 4 N–H and O–H groups in total. The number of aliphatic carboxylic acids is 1. The fourth-order valence-corrected chi connectivity index (χ4v) is 1.84. The molecule has 0 aliphatic carbocycles. The van der Waals surface area contributed by atoms with Crippen LogP contribution in [0.15, 0.2) is 18.2 Å². The van der Waals surface area contributed by atoms with E-state index in [-0.39, 0.29) is 6.54 Å². The molecule has 0 bridgehead atoms. The summed E-state index contributed by atoms with van der Waals surface area (Å²) in [6, 6.07) is 4.72. The zero-order valence-electron chi connectivity index (χ0n) is 13.2. The monoisotopic (exact) mass is 310 g/mol. The van der Waals surface area contributed by atoms with E-state index in [2.05, 4.69) is 5.32 Å². The van der Waals surface area contributed by atoms with Gasteiger partial charge in [0, 0.05) is 12.2 Å². The Bertz CT molecular complexity index is 551. The van der Waals surface area contributed by atoms with Gasteiger partial charge in [-0.2, -0.15) is 0 Å². The topological polar surface area (TPSA) is 111 Å². The van der Waals surface area contributed by atoms with Gasteiger partial charge >= 0.3 is 12.1 Å². The van der Waals surface area contributed by atoms with Crippen molar-refractivity contribution in [3.63, 3.8) is 0 Å². The van der Waals surface area contributed by atoms with E-state index >= 15 is 0 Å². The summed E-state index contributed by atoms with van der Waals surface area (Å²) in [4.78, 5) is 23.2. The molecule has 1 rings (SSSR count). The van der Waals surface area contributed by atoms with Gasteiger partial charge in [-0.15, -0.1) is 0 Å². The van der Waals surface area contributed by atoms with Gasteiger partial charge in [-0.05, 0) is 44.5 Å². The van der Waals surface area contributed by atoms with Crippen LogP contribution in [0.5, 0.6) is 5.75 Å². The van der Waals surface area contributed by atoms with Gasteiger partial charge in [-0.3, -0.25) is 10.1 Å². The Morgan fingerprint density at radius 3 is 2.45 bits per heavy atom. The first-order valence-corrected chi connectivity index (χ1v) is 6.78. The minimum absolute atomic E-state index is 0.106. The van der Waals surface area contributed by atoms with Crippen molar-refractivity contribution >= 4 is 17.7 Å². The molecule has 1 aromatic carbocycles. The SMILES string of the molecule is COc1ccc(NC(=O)OC(C)(C)C)c(C(CN)C(=O)O)c1. The number of nitrogens with one attached hydrogen (secondary N) is 1. The molecule has 0 radical (unpaired) electrons. The van der Waals surface area contributed by atoms with Gasteiger partial charge in [0.25, 0.3) is 0 Å². The number of hydrogen-bond donors (Lipinski definition) is 3. The number of carbonyl (C=O) groups excluding carboxylic acids is 1. The third-order valence-electron chi connectivity index (χ3n) is 2.80. The average molecular weight is 310 g/mol. The number of hydrogen-bond acceptors (Lipinski definition) is 5. The molecule has 0 aliphatic rings. The third-order valence-corrected chi connectivity index (χ3v) is 2.80. The van der Waals surface area contributed by atoms with Crippen LogP contribution in [0.2, 0.25) is 0 Å². The predicted molar refractivity (Wildman–Crippen MR) is 82.3 cm³/mol. The van der Waals surface area contributed by atoms with Crippen molar-refractivity contribution in [2.75, 3.05) is 19.0 Å². The van der Waals surface area contributed by atoms with Gasteiger partial charge in [-0.25, -0.2) is 4.79 Å². The van der Waals surface area contributed by atoms with Crippen molar-refractivity contribution in [3.8, 4) is 5.75 Å². The first kappa shape index (κ1) is 17.8. The standard InChI is InChI=1S/C15H22N2O5/c1-15(2,3)22-14(20)17-12-6-5-9(21-4)7-10(12)11(8-16)13(18)19/h5-7,11H,8,16H2,1-4H3,(H,17,20)(H,18,19). The molecule has 0 fully saturated rings. The highest BCUT2D eigenvalue weighted by atomic mass is 16.6. The molecule has 0 aromatic heterocycles. The van der Waals surface area contributed by atoms with Crippen molar-refractivity contribution < 1.29 is 24.2 Å². The molecule has 7 nitrogen and oxygen atoms in total. The summed E-state index contributed by atoms with van der Waals surface area (Å²) in [6.07, 6.45) is -0.667. The van der Waals surface area contributed by atoms with Crippen LogP contribution < -0.4 is 15.8 Å². The number of amides is 1. The molecule has 0 heterocycles. The fourth-order valence-electron chi connectivity index (χ4n) is 1.84. The molecule has 0 saturated heterocycles. The number of anilines is 1. The second kappa shape index (κ2) is 7.13. The maximum Gasteiger partial charge on any atom is 0.412 e. The van der Waals surface area contributed by atoms with E-state index in [4.69, 9.17) is 15.2 Å². The van der Waals surface area contributed by atoms with Gasteiger partial charge in [0.05, 0.1) is 13.0 Å². The number of carboxylic acids is 1. The lowest BCUT2D eigenvalue weighted by atomic mass is 9.97. The Labute approximate surface area is 129 Å². The highest BCUT2D eigenvalue weighted by molar-refractivity contribution is 5.88. The van der Waals surface area contributed by atoms with Gasteiger partial charge in [0.15, 0.2) is 0 Å². The number of ether oxygens (including phenoxy) is 2. The average Bonchev–Trinajstić information content (AvgIpc) is 2.38. The highest BCUT2D eigenvalue weighted by Crippen LogP contribution is 2.29. The Morgan fingerprint density at radius 1 is 1.36 bits per heavy atom. The Hall–Kier alpha value is -2.28. The normalized spacial score (nSPS) is 12.4. The third kappa shape index (κ3) is 4.92. The predicted octanol–water partition coefficient (Wildman–Crippen LogP) is 2.17. The van der Waals surface area contributed by atoms with Crippen LogP contribution in [0.4, 0.5) is 10.5 Å².